The molecule has 10 heteroatoms. The fourth-order valence-electron chi connectivity index (χ4n) is 4.80. The van der Waals surface area contributed by atoms with Crippen molar-refractivity contribution in [3.8, 4) is 11.3 Å². The highest BCUT2D eigenvalue weighted by Gasteiger charge is 2.26. The van der Waals surface area contributed by atoms with Gasteiger partial charge >= 0.3 is 0 Å². The number of ether oxygens (including phenoxy) is 1. The number of fused-ring (bicyclic) bond motifs is 1. The van der Waals surface area contributed by atoms with E-state index < -0.39 is 17.7 Å². The third kappa shape index (κ3) is 4.72. The molecule has 2 aliphatic rings. The molecule has 8 nitrogen and oxygen atoms in total. The highest BCUT2D eigenvalue weighted by molar-refractivity contribution is 5.85. The number of rotatable bonds is 7. The number of halogens is 2. The number of aliphatic hydroxyl groups excluding tert-OH is 1. The Morgan fingerprint density at radius 3 is 2.69 bits per heavy atom. The number of pyridine rings is 1. The third-order valence-electron chi connectivity index (χ3n) is 6.95. The molecule has 5 rings (SSSR count). The summed E-state index contributed by atoms with van der Waals surface area (Å²) in [5.74, 6) is -1.45. The molecular weight excluding hydrogens is 468 g/mol. The molecule has 36 heavy (non-hydrogen) atoms. The number of aromatic nitrogens is 3. The van der Waals surface area contributed by atoms with E-state index in [1.54, 1.807) is 6.92 Å². The first-order valence-electron chi connectivity index (χ1n) is 12.4. The zero-order valence-electron chi connectivity index (χ0n) is 20.6. The quantitative estimate of drug-likeness (QED) is 0.458. The lowest BCUT2D eigenvalue weighted by molar-refractivity contribution is -0.0136. The van der Waals surface area contributed by atoms with Crippen LogP contribution in [0.3, 0.4) is 0 Å². The van der Waals surface area contributed by atoms with Crippen molar-refractivity contribution < 1.29 is 18.6 Å². The Hall–Kier alpha value is -2.95. The number of hydrogen-bond acceptors (Lipinski definition) is 7. The third-order valence-corrected chi connectivity index (χ3v) is 6.95. The zero-order chi connectivity index (χ0) is 25.6. The molecule has 3 N–H and O–H groups in total. The SMILES string of the molecule is Cc1c(CNC2CC2)n(C(C)C)c2cc(-c3nc(N[C@@H]4CCOC[C@H]4O)ncc3F)c(F)cc2c1=O. The number of nitrogens with one attached hydrogen (secondary N) is 2. The van der Waals surface area contributed by atoms with Gasteiger partial charge in [-0.25, -0.2) is 18.7 Å². The van der Waals surface area contributed by atoms with Crippen molar-refractivity contribution in [1.82, 2.24) is 19.9 Å². The Bertz CT molecular complexity index is 1360. The molecule has 0 spiro atoms. The van der Waals surface area contributed by atoms with Gasteiger partial charge in [-0.05, 0) is 52.2 Å². The molecule has 192 valence electrons. The minimum atomic E-state index is -0.785. The van der Waals surface area contributed by atoms with Gasteiger partial charge in [-0.1, -0.05) is 0 Å². The van der Waals surface area contributed by atoms with E-state index in [2.05, 4.69) is 20.6 Å². The van der Waals surface area contributed by atoms with Crippen molar-refractivity contribution in [1.29, 1.82) is 0 Å². The average molecular weight is 500 g/mol. The Balaban J connectivity index is 1.62. The second-order valence-corrected chi connectivity index (χ2v) is 9.94. The summed E-state index contributed by atoms with van der Waals surface area (Å²) in [7, 11) is 0. The van der Waals surface area contributed by atoms with Gasteiger partial charge in [-0.2, -0.15) is 0 Å². The molecule has 2 aromatic heterocycles. The smallest absolute Gasteiger partial charge is 0.223 e. The van der Waals surface area contributed by atoms with Crippen LogP contribution < -0.4 is 16.1 Å². The molecule has 1 aromatic carbocycles. The molecule has 1 aliphatic heterocycles. The molecule has 1 saturated heterocycles. The van der Waals surface area contributed by atoms with Crippen LogP contribution in [0, 0.1) is 18.6 Å². The lowest BCUT2D eigenvalue weighted by Gasteiger charge is -2.28. The number of nitrogens with zero attached hydrogens (tertiary/aromatic N) is 3. The van der Waals surface area contributed by atoms with Gasteiger partial charge < -0.3 is 25.0 Å². The second-order valence-electron chi connectivity index (χ2n) is 9.94. The maximum Gasteiger partial charge on any atom is 0.223 e. The van der Waals surface area contributed by atoms with Crippen molar-refractivity contribution in [3.05, 3.63) is 51.4 Å². The minimum Gasteiger partial charge on any atom is -0.389 e. The van der Waals surface area contributed by atoms with E-state index in [1.165, 1.54) is 12.1 Å². The fraction of sp³-hybridized carbons (Fsp3) is 0.500. The first-order chi connectivity index (χ1) is 17.2. The Morgan fingerprint density at radius 1 is 1.22 bits per heavy atom. The van der Waals surface area contributed by atoms with Gasteiger partial charge in [0.25, 0.3) is 0 Å². The molecular formula is C26H31F2N5O3. The number of benzene rings is 1. The van der Waals surface area contributed by atoms with Crippen LogP contribution in [-0.2, 0) is 11.3 Å². The summed E-state index contributed by atoms with van der Waals surface area (Å²) >= 11 is 0. The van der Waals surface area contributed by atoms with Gasteiger partial charge in [-0.15, -0.1) is 0 Å². The fourth-order valence-corrected chi connectivity index (χ4v) is 4.80. The average Bonchev–Trinajstić information content (AvgIpc) is 3.67. The Morgan fingerprint density at radius 2 is 2.00 bits per heavy atom. The summed E-state index contributed by atoms with van der Waals surface area (Å²) in [6.45, 7) is 6.93. The summed E-state index contributed by atoms with van der Waals surface area (Å²) in [5.41, 5.74) is 1.43. The van der Waals surface area contributed by atoms with Gasteiger partial charge in [0.2, 0.25) is 5.95 Å². The van der Waals surface area contributed by atoms with Crippen LogP contribution in [-0.4, -0.2) is 51.0 Å². The standard InChI is InChI=1S/C26H31F2N5O3/c1-13(2)33-21-9-16(18(27)8-17(21)25(35)14(3)22(33)11-29-15-4-5-15)24-19(28)10-30-26(32-24)31-20-6-7-36-12-23(20)34/h8-10,13,15,20,23,29,34H,4-7,11-12H2,1-3H3,(H,30,31,32)/t20-,23-/m1/s1. The van der Waals surface area contributed by atoms with Crippen LogP contribution in [0.15, 0.2) is 23.1 Å². The molecule has 1 aliphatic carbocycles. The topological polar surface area (TPSA) is 101 Å². The monoisotopic (exact) mass is 499 g/mol. The van der Waals surface area contributed by atoms with Crippen molar-refractivity contribution >= 4 is 16.9 Å². The van der Waals surface area contributed by atoms with Crippen molar-refractivity contribution in [2.75, 3.05) is 18.5 Å². The second kappa shape index (κ2) is 9.84. The molecule has 0 bridgehead atoms. The summed E-state index contributed by atoms with van der Waals surface area (Å²) in [5, 5.41) is 16.9. The Kier molecular flexibility index (Phi) is 6.76. The van der Waals surface area contributed by atoms with Crippen LogP contribution in [0.4, 0.5) is 14.7 Å². The summed E-state index contributed by atoms with van der Waals surface area (Å²) < 4.78 is 37.6. The van der Waals surface area contributed by atoms with Gasteiger partial charge in [0.1, 0.15) is 11.5 Å². The summed E-state index contributed by atoms with van der Waals surface area (Å²) in [6.07, 6.45) is 2.97. The Labute approximate surface area is 207 Å². The van der Waals surface area contributed by atoms with Crippen molar-refractivity contribution in [2.45, 2.75) is 70.8 Å². The molecule has 0 amide bonds. The number of aliphatic hydroxyl groups is 1. The predicted octanol–water partition coefficient (Wildman–Crippen LogP) is 3.44. The van der Waals surface area contributed by atoms with E-state index in [1.807, 2.05) is 18.4 Å². The van der Waals surface area contributed by atoms with Crippen LogP contribution in [0.5, 0.6) is 0 Å². The molecule has 3 aromatic rings. The number of anilines is 1. The minimum absolute atomic E-state index is 0.0244. The first kappa shape index (κ1) is 24.7. The van der Waals surface area contributed by atoms with Gasteiger partial charge in [0.15, 0.2) is 11.2 Å². The van der Waals surface area contributed by atoms with Crippen LogP contribution in [0.1, 0.15) is 50.4 Å². The number of hydrogen-bond donors (Lipinski definition) is 3. The maximum absolute atomic E-state index is 15.4. The van der Waals surface area contributed by atoms with E-state index in [0.29, 0.717) is 36.7 Å². The normalized spacial score (nSPS) is 20.3. The largest absolute Gasteiger partial charge is 0.389 e. The van der Waals surface area contributed by atoms with Gasteiger partial charge in [0, 0.05) is 47.4 Å². The zero-order valence-corrected chi connectivity index (χ0v) is 20.6. The predicted molar refractivity (Wildman–Crippen MR) is 133 cm³/mol. The summed E-state index contributed by atoms with van der Waals surface area (Å²) in [4.78, 5) is 21.4. The van der Waals surface area contributed by atoms with Crippen molar-refractivity contribution in [3.63, 3.8) is 0 Å². The van der Waals surface area contributed by atoms with Gasteiger partial charge in [0.05, 0.1) is 30.5 Å². The highest BCUT2D eigenvalue weighted by atomic mass is 19.1. The highest BCUT2D eigenvalue weighted by Crippen LogP contribution is 2.31. The summed E-state index contributed by atoms with van der Waals surface area (Å²) in [6, 6.07) is 2.74. The van der Waals surface area contributed by atoms with E-state index in [-0.39, 0.29) is 46.7 Å². The van der Waals surface area contributed by atoms with E-state index in [9.17, 15) is 14.3 Å². The molecule has 2 atom stereocenters. The molecule has 0 unspecified atom stereocenters. The molecule has 3 heterocycles. The van der Waals surface area contributed by atoms with E-state index >= 15 is 4.39 Å². The van der Waals surface area contributed by atoms with E-state index in [0.717, 1.165) is 24.7 Å². The lowest BCUT2D eigenvalue weighted by atomic mass is 10.0. The maximum atomic E-state index is 15.4. The molecule has 1 saturated carbocycles. The van der Waals surface area contributed by atoms with Crippen LogP contribution >= 0.6 is 0 Å². The van der Waals surface area contributed by atoms with Crippen LogP contribution in [0.2, 0.25) is 0 Å². The first-order valence-corrected chi connectivity index (χ1v) is 12.4. The lowest BCUT2D eigenvalue weighted by Crippen LogP contribution is -2.42. The molecule has 2 fully saturated rings. The van der Waals surface area contributed by atoms with Gasteiger partial charge in [-0.3, -0.25) is 4.79 Å². The van der Waals surface area contributed by atoms with Crippen LogP contribution in [0.25, 0.3) is 22.2 Å². The molecule has 0 radical (unpaired) electrons. The van der Waals surface area contributed by atoms with Crippen molar-refractivity contribution in [2.24, 2.45) is 0 Å². The van der Waals surface area contributed by atoms with E-state index in [4.69, 9.17) is 4.74 Å².